The Morgan fingerprint density at radius 2 is 2.10 bits per heavy atom. The van der Waals surface area contributed by atoms with Crippen LogP contribution in [-0.2, 0) is 11.3 Å². The maximum absolute atomic E-state index is 12.0. The summed E-state index contributed by atoms with van der Waals surface area (Å²) in [6, 6.07) is 6.98. The smallest absolute Gasteiger partial charge is 0.336 e. The third-order valence-corrected chi connectivity index (χ3v) is 3.49. The third kappa shape index (κ3) is 3.42. The normalized spacial score (nSPS) is 12.3. The first-order chi connectivity index (χ1) is 10.0. The van der Waals surface area contributed by atoms with Crippen LogP contribution in [0.1, 0.15) is 37.0 Å². The van der Waals surface area contributed by atoms with E-state index < -0.39 is 5.97 Å². The summed E-state index contributed by atoms with van der Waals surface area (Å²) in [5.41, 5.74) is 1.01. The zero-order chi connectivity index (χ0) is 15.4. The first-order valence-corrected chi connectivity index (χ1v) is 7.13. The van der Waals surface area contributed by atoms with E-state index in [0.717, 1.165) is 18.4 Å². The molecule has 1 aromatic heterocycles. The molecule has 1 aromatic carbocycles. The van der Waals surface area contributed by atoms with Crippen LogP contribution in [0.15, 0.2) is 30.5 Å². The highest BCUT2D eigenvalue weighted by atomic mass is 16.4. The third-order valence-electron chi connectivity index (χ3n) is 3.49. The van der Waals surface area contributed by atoms with Crippen LogP contribution in [0.2, 0.25) is 0 Å². The molecule has 21 heavy (non-hydrogen) atoms. The van der Waals surface area contributed by atoms with Gasteiger partial charge in [0.2, 0.25) is 5.91 Å². The number of fused-ring (bicyclic) bond motifs is 1. The fourth-order valence-electron chi connectivity index (χ4n) is 2.53. The molecule has 0 saturated carbocycles. The van der Waals surface area contributed by atoms with Crippen LogP contribution in [-0.4, -0.2) is 27.6 Å². The summed E-state index contributed by atoms with van der Waals surface area (Å²) in [6.45, 7) is 4.26. The van der Waals surface area contributed by atoms with Crippen LogP contribution in [0.4, 0.5) is 0 Å². The Morgan fingerprint density at radius 3 is 2.76 bits per heavy atom. The van der Waals surface area contributed by atoms with Crippen molar-refractivity contribution < 1.29 is 14.7 Å². The largest absolute Gasteiger partial charge is 0.478 e. The number of nitrogens with zero attached hydrogens (tertiary/aromatic N) is 1. The molecular formula is C16H20N2O3. The molecule has 0 fully saturated rings. The highest BCUT2D eigenvalue weighted by Crippen LogP contribution is 2.20. The lowest BCUT2D eigenvalue weighted by Gasteiger charge is -2.13. The van der Waals surface area contributed by atoms with E-state index in [1.54, 1.807) is 29.0 Å². The minimum absolute atomic E-state index is 0.0609. The number of carboxylic acid groups (broad SMARTS) is 1. The van der Waals surface area contributed by atoms with Crippen LogP contribution in [0.5, 0.6) is 0 Å². The van der Waals surface area contributed by atoms with Crippen molar-refractivity contribution >= 4 is 22.8 Å². The minimum Gasteiger partial charge on any atom is -0.478 e. The number of carbonyl (C=O) groups is 2. The zero-order valence-electron chi connectivity index (χ0n) is 12.3. The Kier molecular flexibility index (Phi) is 4.62. The monoisotopic (exact) mass is 288 g/mol. The maximum atomic E-state index is 12.0. The summed E-state index contributed by atoms with van der Waals surface area (Å²) in [5, 5.41) is 12.8. The van der Waals surface area contributed by atoms with Crippen LogP contribution < -0.4 is 5.32 Å². The Bertz CT molecular complexity index is 661. The number of rotatable bonds is 6. The summed E-state index contributed by atoms with van der Waals surface area (Å²) in [6.07, 6.45) is 3.72. The maximum Gasteiger partial charge on any atom is 0.336 e. The molecule has 1 amide bonds. The molecule has 5 nitrogen and oxygen atoms in total. The van der Waals surface area contributed by atoms with E-state index in [-0.39, 0.29) is 24.1 Å². The van der Waals surface area contributed by atoms with Crippen molar-refractivity contribution in [1.82, 2.24) is 9.88 Å². The van der Waals surface area contributed by atoms with E-state index in [1.165, 1.54) is 0 Å². The highest BCUT2D eigenvalue weighted by Gasteiger charge is 2.13. The van der Waals surface area contributed by atoms with Gasteiger partial charge in [-0.25, -0.2) is 4.79 Å². The molecule has 2 N–H and O–H groups in total. The quantitative estimate of drug-likeness (QED) is 0.858. The Hall–Kier alpha value is -2.30. The number of carboxylic acids is 1. The van der Waals surface area contributed by atoms with Crippen molar-refractivity contribution in [3.63, 3.8) is 0 Å². The molecule has 0 aliphatic heterocycles. The van der Waals surface area contributed by atoms with Crippen LogP contribution in [0, 0.1) is 0 Å². The molecule has 112 valence electrons. The molecule has 1 atom stereocenters. The van der Waals surface area contributed by atoms with E-state index >= 15 is 0 Å². The topological polar surface area (TPSA) is 71.3 Å². The molecule has 0 saturated heterocycles. The second kappa shape index (κ2) is 6.43. The predicted molar refractivity (Wildman–Crippen MR) is 81.4 cm³/mol. The summed E-state index contributed by atoms with van der Waals surface area (Å²) in [7, 11) is 0. The Morgan fingerprint density at radius 1 is 1.33 bits per heavy atom. The van der Waals surface area contributed by atoms with Gasteiger partial charge in [0, 0.05) is 23.1 Å². The van der Waals surface area contributed by atoms with E-state index in [9.17, 15) is 9.59 Å². The van der Waals surface area contributed by atoms with Gasteiger partial charge >= 0.3 is 5.97 Å². The molecule has 1 heterocycles. The van der Waals surface area contributed by atoms with Crippen molar-refractivity contribution in [2.24, 2.45) is 0 Å². The molecule has 0 aliphatic carbocycles. The minimum atomic E-state index is -0.959. The lowest BCUT2D eigenvalue weighted by Crippen LogP contribution is -2.34. The first-order valence-electron chi connectivity index (χ1n) is 7.13. The van der Waals surface area contributed by atoms with Gasteiger partial charge in [0.1, 0.15) is 6.54 Å². The number of aromatic carboxylic acids is 1. The first kappa shape index (κ1) is 15.1. The molecule has 2 rings (SSSR count). The summed E-state index contributed by atoms with van der Waals surface area (Å²) < 4.78 is 1.77. The van der Waals surface area contributed by atoms with Gasteiger partial charge in [0.15, 0.2) is 0 Å². The number of hydrogen-bond donors (Lipinski definition) is 2. The fraction of sp³-hybridized carbons (Fsp3) is 0.375. The van der Waals surface area contributed by atoms with Crippen molar-refractivity contribution in [2.75, 3.05) is 0 Å². The second-order valence-electron chi connectivity index (χ2n) is 5.24. The number of benzene rings is 1. The Labute approximate surface area is 123 Å². The van der Waals surface area contributed by atoms with Gasteiger partial charge in [-0.15, -0.1) is 0 Å². The molecule has 2 aromatic rings. The van der Waals surface area contributed by atoms with E-state index in [2.05, 4.69) is 12.2 Å². The van der Waals surface area contributed by atoms with Crippen LogP contribution >= 0.6 is 0 Å². The molecular weight excluding hydrogens is 268 g/mol. The highest BCUT2D eigenvalue weighted by molar-refractivity contribution is 6.03. The number of nitrogens with one attached hydrogen (secondary N) is 1. The number of hydrogen-bond acceptors (Lipinski definition) is 2. The predicted octanol–water partition coefficient (Wildman–Crippen LogP) is 2.64. The molecule has 5 heteroatoms. The Balaban J connectivity index is 2.18. The van der Waals surface area contributed by atoms with Gasteiger partial charge in [-0.3, -0.25) is 4.79 Å². The van der Waals surface area contributed by atoms with Crippen LogP contribution in [0.25, 0.3) is 10.9 Å². The standard InChI is InChI=1S/C16H20N2O3/c1-3-5-11(2)17-15(19)10-18-9-8-12-13(16(20)21)6-4-7-14(12)18/h4,6-9,11H,3,5,10H2,1-2H3,(H,17,19)(H,20,21). The van der Waals surface area contributed by atoms with Gasteiger partial charge in [-0.1, -0.05) is 19.4 Å². The second-order valence-corrected chi connectivity index (χ2v) is 5.24. The molecule has 0 radical (unpaired) electrons. The zero-order valence-corrected chi connectivity index (χ0v) is 12.3. The average molecular weight is 288 g/mol. The van der Waals surface area contributed by atoms with Crippen molar-refractivity contribution in [3.05, 3.63) is 36.0 Å². The summed E-state index contributed by atoms with van der Waals surface area (Å²) in [4.78, 5) is 23.2. The van der Waals surface area contributed by atoms with Gasteiger partial charge in [-0.05, 0) is 31.5 Å². The SMILES string of the molecule is CCCC(C)NC(=O)Cn1ccc2c(C(=O)O)cccc21. The molecule has 0 bridgehead atoms. The fourth-order valence-corrected chi connectivity index (χ4v) is 2.53. The van der Waals surface area contributed by atoms with Crippen molar-refractivity contribution in [2.45, 2.75) is 39.3 Å². The number of aromatic nitrogens is 1. The van der Waals surface area contributed by atoms with Gasteiger partial charge in [0.25, 0.3) is 0 Å². The molecule has 1 unspecified atom stereocenters. The van der Waals surface area contributed by atoms with Gasteiger partial charge < -0.3 is 15.0 Å². The van der Waals surface area contributed by atoms with E-state index in [0.29, 0.717) is 5.39 Å². The average Bonchev–Trinajstić information content (AvgIpc) is 2.81. The van der Waals surface area contributed by atoms with Crippen LogP contribution in [0.3, 0.4) is 0 Å². The van der Waals surface area contributed by atoms with Crippen molar-refractivity contribution in [3.8, 4) is 0 Å². The number of amides is 1. The van der Waals surface area contributed by atoms with Crippen molar-refractivity contribution in [1.29, 1.82) is 0 Å². The summed E-state index contributed by atoms with van der Waals surface area (Å²) >= 11 is 0. The van der Waals surface area contributed by atoms with Gasteiger partial charge in [0.05, 0.1) is 5.56 Å². The number of carbonyl (C=O) groups excluding carboxylic acids is 1. The van der Waals surface area contributed by atoms with E-state index in [4.69, 9.17) is 5.11 Å². The molecule has 0 spiro atoms. The lowest BCUT2D eigenvalue weighted by atomic mass is 10.1. The lowest BCUT2D eigenvalue weighted by molar-refractivity contribution is -0.122. The van der Waals surface area contributed by atoms with Gasteiger partial charge in [-0.2, -0.15) is 0 Å². The summed E-state index contributed by atoms with van der Waals surface area (Å²) in [5.74, 6) is -1.02. The van der Waals surface area contributed by atoms with E-state index in [1.807, 2.05) is 13.0 Å². The molecule has 0 aliphatic rings.